The highest BCUT2D eigenvalue weighted by atomic mass is 79.9. The molecule has 0 bridgehead atoms. The van der Waals surface area contributed by atoms with Crippen LogP contribution in [-0.2, 0) is 32.1 Å². The van der Waals surface area contributed by atoms with Crippen molar-refractivity contribution in [3.05, 3.63) is 52.9 Å². The second-order valence-electron chi connectivity index (χ2n) is 9.94. The van der Waals surface area contributed by atoms with Crippen molar-refractivity contribution in [1.82, 2.24) is 24.4 Å². The van der Waals surface area contributed by atoms with Crippen LogP contribution in [0.1, 0.15) is 32.3 Å². The van der Waals surface area contributed by atoms with Gasteiger partial charge in [0.1, 0.15) is 40.8 Å². The molecule has 208 valence electrons. The van der Waals surface area contributed by atoms with Gasteiger partial charge in [0.25, 0.3) is 0 Å². The number of nitrogens with zero attached hydrogens (tertiary/aromatic N) is 5. The van der Waals surface area contributed by atoms with E-state index in [9.17, 15) is 14.4 Å². The van der Waals surface area contributed by atoms with Gasteiger partial charge in [0, 0.05) is 18.4 Å². The lowest BCUT2D eigenvalue weighted by atomic mass is 10.1. The summed E-state index contributed by atoms with van der Waals surface area (Å²) >= 11 is 3.31. The first-order chi connectivity index (χ1) is 19.2. The molecule has 1 aliphatic heterocycles. The molecule has 3 aromatic heterocycles. The number of amides is 2. The predicted octanol–water partition coefficient (Wildman–Crippen LogP) is 3.70. The molecular formula is C28H30BrN7O4. The van der Waals surface area contributed by atoms with Gasteiger partial charge in [-0.15, -0.1) is 0 Å². The highest BCUT2D eigenvalue weighted by molar-refractivity contribution is 9.10. The van der Waals surface area contributed by atoms with Crippen molar-refractivity contribution in [3.63, 3.8) is 0 Å². The number of nitrogens with two attached hydrogens (primary N) is 1. The third-order valence-electron chi connectivity index (χ3n) is 7.05. The number of anilines is 2. The summed E-state index contributed by atoms with van der Waals surface area (Å²) in [5.41, 5.74) is 8.50. The van der Waals surface area contributed by atoms with Crippen LogP contribution >= 0.6 is 15.9 Å². The molecule has 40 heavy (non-hydrogen) atoms. The normalized spacial score (nSPS) is 16.9. The number of aromatic nitrogens is 4. The average molecular weight is 608 g/mol. The lowest BCUT2D eigenvalue weighted by Crippen LogP contribution is -2.44. The van der Waals surface area contributed by atoms with E-state index in [1.54, 1.807) is 30.0 Å². The number of aryl methyl sites for hydroxylation is 1. The Labute approximate surface area is 239 Å². The lowest BCUT2D eigenvalue weighted by molar-refractivity contribution is -0.143. The summed E-state index contributed by atoms with van der Waals surface area (Å²) in [6, 6.07) is 10.4. The summed E-state index contributed by atoms with van der Waals surface area (Å²) in [5, 5.41) is 4.28. The molecule has 1 aliphatic rings. The minimum Gasteiger partial charge on any atom is -0.466 e. The van der Waals surface area contributed by atoms with Crippen LogP contribution in [-0.4, -0.2) is 61.4 Å². The smallest absolute Gasteiger partial charge is 0.306 e. The first-order valence-electron chi connectivity index (χ1n) is 13.1. The van der Waals surface area contributed by atoms with E-state index in [0.29, 0.717) is 53.3 Å². The molecule has 2 atom stereocenters. The van der Waals surface area contributed by atoms with E-state index < -0.39 is 6.04 Å². The van der Waals surface area contributed by atoms with Gasteiger partial charge in [-0.1, -0.05) is 19.1 Å². The van der Waals surface area contributed by atoms with Crippen molar-refractivity contribution >= 4 is 67.3 Å². The van der Waals surface area contributed by atoms with Crippen LogP contribution in [0.2, 0.25) is 0 Å². The van der Waals surface area contributed by atoms with Crippen molar-refractivity contribution in [3.8, 4) is 0 Å². The van der Waals surface area contributed by atoms with Crippen molar-refractivity contribution in [1.29, 1.82) is 0 Å². The Morgan fingerprint density at radius 3 is 2.80 bits per heavy atom. The summed E-state index contributed by atoms with van der Waals surface area (Å²) in [5.74, 6) is 0.148. The zero-order valence-corrected chi connectivity index (χ0v) is 23.8. The summed E-state index contributed by atoms with van der Waals surface area (Å²) in [4.78, 5) is 53.3. The number of esters is 1. The number of carbonyl (C=O) groups excluding carboxylic acids is 3. The SMILES string of the molecule is CCOC(=O)CCc1ccc2c(c1)c1c(N)ncnc1n2CC(=O)N1C[C@H](C)C[C@H]1C(=O)Nc1cccc(Br)n1. The second-order valence-corrected chi connectivity index (χ2v) is 10.8. The maximum atomic E-state index is 13.7. The quantitative estimate of drug-likeness (QED) is 0.228. The minimum absolute atomic E-state index is 0.0236. The van der Waals surface area contributed by atoms with Crippen molar-refractivity contribution in [2.45, 2.75) is 45.7 Å². The maximum absolute atomic E-state index is 13.7. The first kappa shape index (κ1) is 27.5. The minimum atomic E-state index is -0.620. The van der Waals surface area contributed by atoms with Crippen LogP contribution in [0.3, 0.4) is 0 Å². The van der Waals surface area contributed by atoms with Gasteiger partial charge >= 0.3 is 5.97 Å². The molecule has 1 aromatic carbocycles. The molecule has 11 nitrogen and oxygen atoms in total. The molecule has 0 aliphatic carbocycles. The van der Waals surface area contributed by atoms with Crippen molar-refractivity contribution < 1.29 is 19.1 Å². The molecule has 4 aromatic rings. The zero-order valence-electron chi connectivity index (χ0n) is 22.3. The van der Waals surface area contributed by atoms with E-state index in [1.807, 2.05) is 29.7 Å². The fourth-order valence-corrected chi connectivity index (χ4v) is 5.61. The number of halogens is 1. The van der Waals surface area contributed by atoms with Gasteiger partial charge in [-0.25, -0.2) is 15.0 Å². The highest BCUT2D eigenvalue weighted by Crippen LogP contribution is 2.33. The number of nitrogen functional groups attached to an aromatic ring is 1. The third-order valence-corrected chi connectivity index (χ3v) is 7.49. The fourth-order valence-electron chi connectivity index (χ4n) is 5.26. The lowest BCUT2D eigenvalue weighted by Gasteiger charge is -2.24. The van der Waals surface area contributed by atoms with Gasteiger partial charge in [0.2, 0.25) is 11.8 Å². The average Bonchev–Trinajstić information content (AvgIpc) is 3.46. The number of rotatable bonds is 8. The zero-order chi connectivity index (χ0) is 28.4. The number of benzene rings is 1. The number of pyridine rings is 1. The van der Waals surface area contributed by atoms with E-state index in [4.69, 9.17) is 10.5 Å². The summed E-state index contributed by atoms with van der Waals surface area (Å²) < 4.78 is 7.47. The fraction of sp³-hybridized carbons (Fsp3) is 0.357. The van der Waals surface area contributed by atoms with Crippen molar-refractivity contribution in [2.75, 3.05) is 24.2 Å². The van der Waals surface area contributed by atoms with Gasteiger partial charge in [-0.2, -0.15) is 0 Å². The van der Waals surface area contributed by atoms with Crippen LogP contribution in [0.15, 0.2) is 47.3 Å². The number of carbonyl (C=O) groups is 3. The van der Waals surface area contributed by atoms with Gasteiger partial charge in [0.15, 0.2) is 0 Å². The highest BCUT2D eigenvalue weighted by Gasteiger charge is 2.38. The molecular weight excluding hydrogens is 578 g/mol. The number of likely N-dealkylation sites (tertiary alicyclic amines) is 1. The summed E-state index contributed by atoms with van der Waals surface area (Å²) in [6.45, 7) is 4.59. The molecule has 0 saturated carbocycles. The number of nitrogens with one attached hydrogen (secondary N) is 1. The Morgan fingerprint density at radius 1 is 1.20 bits per heavy atom. The van der Waals surface area contributed by atoms with E-state index in [2.05, 4.69) is 36.2 Å². The Hall–Kier alpha value is -4.06. The van der Waals surface area contributed by atoms with Gasteiger partial charge < -0.3 is 25.3 Å². The molecule has 3 N–H and O–H groups in total. The van der Waals surface area contributed by atoms with E-state index in [0.717, 1.165) is 16.5 Å². The molecule has 4 heterocycles. The molecule has 0 radical (unpaired) electrons. The van der Waals surface area contributed by atoms with Crippen LogP contribution in [0, 0.1) is 5.92 Å². The van der Waals surface area contributed by atoms with Crippen LogP contribution in [0.5, 0.6) is 0 Å². The summed E-state index contributed by atoms with van der Waals surface area (Å²) in [6.07, 6.45) is 2.69. The topological polar surface area (TPSA) is 145 Å². The Morgan fingerprint density at radius 2 is 2.02 bits per heavy atom. The molecule has 12 heteroatoms. The molecule has 1 fully saturated rings. The number of fused-ring (bicyclic) bond motifs is 3. The van der Waals surface area contributed by atoms with Crippen LogP contribution in [0.25, 0.3) is 21.9 Å². The maximum Gasteiger partial charge on any atom is 0.306 e. The van der Waals surface area contributed by atoms with Gasteiger partial charge in [0.05, 0.1) is 17.5 Å². The Bertz CT molecular complexity index is 1600. The molecule has 2 amide bonds. The number of hydrogen-bond acceptors (Lipinski definition) is 8. The number of ether oxygens (including phenoxy) is 1. The van der Waals surface area contributed by atoms with Crippen LogP contribution in [0.4, 0.5) is 11.6 Å². The van der Waals surface area contributed by atoms with E-state index in [-0.39, 0.29) is 36.7 Å². The predicted molar refractivity (Wildman–Crippen MR) is 154 cm³/mol. The van der Waals surface area contributed by atoms with Gasteiger partial charge in [-0.05, 0) is 71.4 Å². The standard InChI is InChI=1S/C28H30BrN7O4/c1-3-40-24(38)10-8-17-7-9-19-18(12-17)25-26(30)31-15-32-27(25)36(19)14-23(37)35-13-16(2)11-20(35)28(39)34-22-6-4-5-21(29)33-22/h4-7,9,12,15-16,20H,3,8,10-11,13-14H2,1-2H3,(H2,30,31,32)(H,33,34,39)/t16-,20+/m1/s1. The molecule has 1 saturated heterocycles. The molecule has 0 spiro atoms. The third kappa shape index (κ3) is 5.62. The monoisotopic (exact) mass is 607 g/mol. The Kier molecular flexibility index (Phi) is 7.97. The molecule has 0 unspecified atom stereocenters. The largest absolute Gasteiger partial charge is 0.466 e. The molecule has 5 rings (SSSR count). The van der Waals surface area contributed by atoms with E-state index in [1.165, 1.54) is 6.33 Å². The van der Waals surface area contributed by atoms with E-state index >= 15 is 0 Å². The van der Waals surface area contributed by atoms with Crippen LogP contribution < -0.4 is 11.1 Å². The second kappa shape index (κ2) is 11.6. The van der Waals surface area contributed by atoms with Crippen molar-refractivity contribution in [2.24, 2.45) is 5.92 Å². The number of hydrogen-bond donors (Lipinski definition) is 2. The summed E-state index contributed by atoms with van der Waals surface area (Å²) in [7, 11) is 0. The first-order valence-corrected chi connectivity index (χ1v) is 13.9. The van der Waals surface area contributed by atoms with Gasteiger partial charge in [-0.3, -0.25) is 14.4 Å². The Balaban J connectivity index is 1.42.